The number of nitrogens with one attached hydrogen (secondary N) is 2. The van der Waals surface area contributed by atoms with Crippen molar-refractivity contribution in [2.45, 2.75) is 4.90 Å². The van der Waals surface area contributed by atoms with Gasteiger partial charge in [-0.15, -0.1) is 0 Å². The SMILES string of the molecule is CNSc1ccc(F)c(Nc2ncnc3cc(OC)cc(OC)c23)c1. The Labute approximate surface area is 148 Å². The molecule has 0 aliphatic heterocycles. The Hall–Kier alpha value is -2.58. The highest BCUT2D eigenvalue weighted by Crippen LogP contribution is 2.35. The second-order valence-corrected chi connectivity index (χ2v) is 6.10. The van der Waals surface area contributed by atoms with E-state index in [0.717, 1.165) is 4.90 Å². The summed E-state index contributed by atoms with van der Waals surface area (Å²) in [4.78, 5) is 9.38. The molecule has 2 aromatic carbocycles. The third-order valence-electron chi connectivity index (χ3n) is 3.54. The third-order valence-corrected chi connectivity index (χ3v) is 4.24. The van der Waals surface area contributed by atoms with Crippen molar-refractivity contribution in [1.29, 1.82) is 0 Å². The molecule has 0 aliphatic carbocycles. The number of benzene rings is 2. The maximum Gasteiger partial charge on any atom is 0.146 e. The number of halogens is 1. The van der Waals surface area contributed by atoms with Crippen LogP contribution in [0.5, 0.6) is 11.5 Å². The van der Waals surface area contributed by atoms with Gasteiger partial charge in [0.1, 0.15) is 29.5 Å². The molecule has 3 rings (SSSR count). The van der Waals surface area contributed by atoms with Crippen LogP contribution in [-0.2, 0) is 0 Å². The Morgan fingerprint density at radius 2 is 1.92 bits per heavy atom. The van der Waals surface area contributed by atoms with Gasteiger partial charge in [0.15, 0.2) is 0 Å². The van der Waals surface area contributed by atoms with Crippen molar-refractivity contribution in [1.82, 2.24) is 14.7 Å². The van der Waals surface area contributed by atoms with Gasteiger partial charge in [-0.05, 0) is 37.2 Å². The van der Waals surface area contributed by atoms with E-state index in [1.807, 2.05) is 0 Å². The van der Waals surface area contributed by atoms with Crippen LogP contribution in [0.3, 0.4) is 0 Å². The van der Waals surface area contributed by atoms with Crippen molar-refractivity contribution in [3.8, 4) is 11.5 Å². The topological polar surface area (TPSA) is 68.3 Å². The quantitative estimate of drug-likeness (QED) is 0.649. The van der Waals surface area contributed by atoms with Gasteiger partial charge in [0.2, 0.25) is 0 Å². The molecular weight excluding hydrogens is 343 g/mol. The van der Waals surface area contributed by atoms with Crippen molar-refractivity contribution in [2.24, 2.45) is 0 Å². The first-order valence-corrected chi connectivity index (χ1v) is 8.24. The highest BCUT2D eigenvalue weighted by atomic mass is 32.2. The summed E-state index contributed by atoms with van der Waals surface area (Å²) in [7, 11) is 4.92. The van der Waals surface area contributed by atoms with E-state index in [1.165, 1.54) is 24.3 Å². The van der Waals surface area contributed by atoms with Crippen molar-refractivity contribution >= 4 is 34.4 Å². The Morgan fingerprint density at radius 1 is 1.08 bits per heavy atom. The molecule has 6 nitrogen and oxygen atoms in total. The summed E-state index contributed by atoms with van der Waals surface area (Å²) in [6, 6.07) is 8.33. The number of fused-ring (bicyclic) bond motifs is 1. The smallest absolute Gasteiger partial charge is 0.146 e. The standard InChI is InChI=1S/C17H17FN4O2S/c1-19-25-11-4-5-12(18)13(8-11)22-17-16-14(20-9-21-17)6-10(23-2)7-15(16)24-3/h4-9,19H,1-3H3,(H,20,21,22). The lowest BCUT2D eigenvalue weighted by molar-refractivity contribution is 0.398. The molecule has 0 saturated heterocycles. The first-order valence-electron chi connectivity index (χ1n) is 7.43. The second-order valence-electron chi connectivity index (χ2n) is 5.02. The van der Waals surface area contributed by atoms with Gasteiger partial charge >= 0.3 is 0 Å². The molecule has 0 bridgehead atoms. The van der Waals surface area contributed by atoms with E-state index in [-0.39, 0.29) is 5.82 Å². The highest BCUT2D eigenvalue weighted by molar-refractivity contribution is 7.97. The van der Waals surface area contributed by atoms with Crippen LogP contribution in [0, 0.1) is 5.82 Å². The summed E-state index contributed by atoms with van der Waals surface area (Å²) in [6.45, 7) is 0. The van der Waals surface area contributed by atoms with E-state index in [0.29, 0.717) is 33.9 Å². The summed E-state index contributed by atoms with van der Waals surface area (Å²) < 4.78 is 27.9. The number of hydrogen-bond acceptors (Lipinski definition) is 7. The van der Waals surface area contributed by atoms with Crippen LogP contribution in [0.15, 0.2) is 41.6 Å². The van der Waals surface area contributed by atoms with Gasteiger partial charge < -0.3 is 14.8 Å². The maximum absolute atomic E-state index is 14.2. The normalized spacial score (nSPS) is 10.7. The molecule has 0 spiro atoms. The monoisotopic (exact) mass is 360 g/mol. The zero-order chi connectivity index (χ0) is 17.8. The first-order chi connectivity index (χ1) is 12.2. The molecule has 0 fully saturated rings. The molecule has 0 aliphatic rings. The van der Waals surface area contributed by atoms with Crippen LogP contribution < -0.4 is 19.5 Å². The number of rotatable bonds is 6. The summed E-state index contributed by atoms with van der Waals surface area (Å²) in [6.07, 6.45) is 1.41. The zero-order valence-electron chi connectivity index (χ0n) is 14.0. The van der Waals surface area contributed by atoms with E-state index in [1.54, 1.807) is 45.5 Å². The molecule has 0 radical (unpaired) electrons. The predicted octanol–water partition coefficient (Wildman–Crippen LogP) is 3.76. The number of nitrogens with zero attached hydrogens (tertiary/aromatic N) is 2. The number of anilines is 2. The molecule has 3 aromatic rings. The Kier molecular flexibility index (Phi) is 5.20. The minimum Gasteiger partial charge on any atom is -0.497 e. The first kappa shape index (κ1) is 17.2. The summed E-state index contributed by atoms with van der Waals surface area (Å²) in [5.74, 6) is 1.24. The molecular formula is C17H17FN4O2S. The van der Waals surface area contributed by atoms with E-state index in [2.05, 4.69) is 20.0 Å². The zero-order valence-corrected chi connectivity index (χ0v) is 14.8. The Morgan fingerprint density at radius 3 is 2.64 bits per heavy atom. The van der Waals surface area contributed by atoms with Crippen molar-refractivity contribution < 1.29 is 13.9 Å². The Bertz CT molecular complexity index is 907. The maximum atomic E-state index is 14.2. The van der Waals surface area contributed by atoms with Gasteiger partial charge in [-0.1, -0.05) is 0 Å². The van der Waals surface area contributed by atoms with Crippen molar-refractivity contribution in [3.05, 3.63) is 42.5 Å². The van der Waals surface area contributed by atoms with Gasteiger partial charge in [-0.2, -0.15) is 0 Å². The predicted molar refractivity (Wildman–Crippen MR) is 97.2 cm³/mol. The van der Waals surface area contributed by atoms with Gasteiger partial charge in [0.25, 0.3) is 0 Å². The van der Waals surface area contributed by atoms with E-state index in [4.69, 9.17) is 9.47 Å². The molecule has 0 amide bonds. The fourth-order valence-electron chi connectivity index (χ4n) is 2.41. The third kappa shape index (κ3) is 3.59. The molecule has 1 aromatic heterocycles. The Balaban J connectivity index is 2.09. The molecule has 0 atom stereocenters. The lowest BCUT2D eigenvalue weighted by Crippen LogP contribution is -2.01. The largest absolute Gasteiger partial charge is 0.497 e. The van der Waals surface area contributed by atoms with Gasteiger partial charge in [-0.3, -0.25) is 4.72 Å². The van der Waals surface area contributed by atoms with Crippen LogP contribution in [0.2, 0.25) is 0 Å². The molecule has 130 valence electrons. The molecule has 0 unspecified atom stereocenters. The number of methoxy groups -OCH3 is 2. The summed E-state index contributed by atoms with van der Waals surface area (Å²) in [5.41, 5.74) is 0.952. The van der Waals surface area contributed by atoms with Crippen molar-refractivity contribution in [2.75, 3.05) is 26.6 Å². The van der Waals surface area contributed by atoms with Crippen LogP contribution in [-0.4, -0.2) is 31.2 Å². The van der Waals surface area contributed by atoms with Crippen LogP contribution in [0.25, 0.3) is 10.9 Å². The van der Waals surface area contributed by atoms with Gasteiger partial charge in [-0.25, -0.2) is 14.4 Å². The minimum absolute atomic E-state index is 0.318. The number of hydrogen-bond donors (Lipinski definition) is 2. The summed E-state index contributed by atoms with van der Waals surface area (Å²) in [5, 5.41) is 3.69. The van der Waals surface area contributed by atoms with Gasteiger partial charge in [0, 0.05) is 17.0 Å². The highest BCUT2D eigenvalue weighted by Gasteiger charge is 2.14. The lowest BCUT2D eigenvalue weighted by atomic mass is 10.2. The molecule has 0 saturated carbocycles. The molecule has 1 heterocycles. The fraction of sp³-hybridized carbons (Fsp3) is 0.176. The molecule has 8 heteroatoms. The summed E-state index contributed by atoms with van der Waals surface area (Å²) >= 11 is 1.39. The van der Waals surface area contributed by atoms with Gasteiger partial charge in [0.05, 0.1) is 30.8 Å². The number of ether oxygens (including phenoxy) is 2. The van der Waals surface area contributed by atoms with E-state index < -0.39 is 0 Å². The van der Waals surface area contributed by atoms with E-state index >= 15 is 0 Å². The van der Waals surface area contributed by atoms with Crippen LogP contribution >= 0.6 is 11.9 Å². The molecule has 2 N–H and O–H groups in total. The average molecular weight is 360 g/mol. The van der Waals surface area contributed by atoms with E-state index in [9.17, 15) is 4.39 Å². The lowest BCUT2D eigenvalue weighted by Gasteiger charge is -2.13. The second kappa shape index (κ2) is 7.54. The fourth-order valence-corrected chi connectivity index (χ4v) is 2.96. The molecule has 25 heavy (non-hydrogen) atoms. The average Bonchev–Trinajstić information content (AvgIpc) is 2.63. The number of aromatic nitrogens is 2. The minimum atomic E-state index is -0.375. The van der Waals surface area contributed by atoms with Crippen LogP contribution in [0.1, 0.15) is 0 Å². The van der Waals surface area contributed by atoms with Crippen LogP contribution in [0.4, 0.5) is 15.9 Å². The van der Waals surface area contributed by atoms with Crippen molar-refractivity contribution in [3.63, 3.8) is 0 Å².